The molecular weight excluding hydrogens is 342 g/mol. The van der Waals surface area contributed by atoms with Gasteiger partial charge in [0.2, 0.25) is 5.91 Å². The molecule has 0 aromatic carbocycles. The van der Waals surface area contributed by atoms with Crippen LogP contribution in [0.5, 0.6) is 0 Å². The quantitative estimate of drug-likeness (QED) is 0.786. The predicted octanol–water partition coefficient (Wildman–Crippen LogP) is 0.527. The van der Waals surface area contributed by atoms with Crippen LogP contribution in [0.4, 0.5) is 0 Å². The van der Waals surface area contributed by atoms with Crippen LogP contribution in [0.15, 0.2) is 17.6 Å². The molecule has 0 aliphatic carbocycles. The van der Waals surface area contributed by atoms with Gasteiger partial charge in [-0.15, -0.1) is 0 Å². The highest BCUT2D eigenvalue weighted by Gasteiger charge is 2.56. The maximum Gasteiger partial charge on any atom is 0.233 e. The Bertz CT molecular complexity index is 639. The number of aliphatic hydroxyl groups is 1. The highest BCUT2D eigenvalue weighted by Crippen LogP contribution is 2.44. The molecule has 0 spiro atoms. The molecule has 1 aromatic rings. The van der Waals surface area contributed by atoms with Crippen molar-refractivity contribution in [2.45, 2.75) is 29.6 Å². The van der Waals surface area contributed by atoms with Gasteiger partial charge < -0.3 is 24.0 Å². The smallest absolute Gasteiger partial charge is 0.233 e. The molecule has 0 saturated carbocycles. The van der Waals surface area contributed by atoms with Crippen LogP contribution in [-0.4, -0.2) is 75.8 Å². The number of rotatable bonds is 3. The number of aryl methyl sites for hydroxylation is 1. The Hall–Kier alpha value is -1.09. The SMILES string of the molecule is Cn1ccnc1SCC(=O)N1C[C@@H]2COCC[C@]2(O)[C@H]2COCC[C@H]21. The molecule has 0 radical (unpaired) electrons. The number of fused-ring (bicyclic) bond motifs is 3. The van der Waals surface area contributed by atoms with E-state index in [1.807, 2.05) is 22.7 Å². The summed E-state index contributed by atoms with van der Waals surface area (Å²) in [5.41, 5.74) is -0.771. The van der Waals surface area contributed by atoms with Crippen molar-refractivity contribution >= 4 is 17.7 Å². The van der Waals surface area contributed by atoms with Crippen molar-refractivity contribution in [3.05, 3.63) is 12.4 Å². The summed E-state index contributed by atoms with van der Waals surface area (Å²) in [5, 5.41) is 12.1. The first kappa shape index (κ1) is 17.3. The Morgan fingerprint density at radius 3 is 3.08 bits per heavy atom. The third kappa shape index (κ3) is 3.09. The molecule has 3 fully saturated rings. The summed E-state index contributed by atoms with van der Waals surface area (Å²) >= 11 is 1.46. The molecule has 138 valence electrons. The van der Waals surface area contributed by atoms with Gasteiger partial charge in [0.1, 0.15) is 0 Å². The van der Waals surface area contributed by atoms with Gasteiger partial charge in [-0.2, -0.15) is 0 Å². The maximum atomic E-state index is 12.9. The molecule has 1 N–H and O–H groups in total. The van der Waals surface area contributed by atoms with Crippen LogP contribution in [-0.2, 0) is 21.3 Å². The van der Waals surface area contributed by atoms with Crippen molar-refractivity contribution in [3.63, 3.8) is 0 Å². The van der Waals surface area contributed by atoms with Crippen LogP contribution in [0, 0.1) is 11.8 Å². The lowest BCUT2D eigenvalue weighted by Gasteiger charge is -2.57. The van der Waals surface area contributed by atoms with Crippen LogP contribution in [0.2, 0.25) is 0 Å². The molecule has 7 nitrogen and oxygen atoms in total. The number of ether oxygens (including phenoxy) is 2. The number of hydrogen-bond donors (Lipinski definition) is 1. The monoisotopic (exact) mass is 367 g/mol. The largest absolute Gasteiger partial charge is 0.389 e. The fraction of sp³-hybridized carbons (Fsp3) is 0.765. The summed E-state index contributed by atoms with van der Waals surface area (Å²) in [6, 6.07) is 0.0579. The van der Waals surface area contributed by atoms with E-state index < -0.39 is 5.60 Å². The maximum absolute atomic E-state index is 12.9. The van der Waals surface area contributed by atoms with Crippen LogP contribution < -0.4 is 0 Å². The minimum absolute atomic E-state index is 0.0222. The predicted molar refractivity (Wildman–Crippen MR) is 92.2 cm³/mol. The molecule has 4 atom stereocenters. The van der Waals surface area contributed by atoms with Crippen LogP contribution in [0.3, 0.4) is 0 Å². The van der Waals surface area contributed by atoms with Gasteiger partial charge in [-0.1, -0.05) is 11.8 Å². The second-order valence-corrected chi connectivity index (χ2v) is 8.15. The summed E-state index contributed by atoms with van der Waals surface area (Å²) in [6.07, 6.45) is 5.04. The first-order valence-corrected chi connectivity index (χ1v) is 9.85. The van der Waals surface area contributed by atoms with Gasteiger partial charge in [0.05, 0.1) is 24.6 Å². The number of carbonyl (C=O) groups excluding carboxylic acids is 1. The van der Waals surface area contributed by atoms with E-state index in [9.17, 15) is 9.90 Å². The van der Waals surface area contributed by atoms with Crippen molar-refractivity contribution in [1.29, 1.82) is 0 Å². The third-order valence-electron chi connectivity index (χ3n) is 5.87. The normalized spacial score (nSPS) is 35.1. The topological polar surface area (TPSA) is 76.8 Å². The van der Waals surface area contributed by atoms with Crippen molar-refractivity contribution in [2.24, 2.45) is 18.9 Å². The van der Waals surface area contributed by atoms with Gasteiger partial charge in [0.25, 0.3) is 0 Å². The van der Waals surface area contributed by atoms with Crippen molar-refractivity contribution in [3.8, 4) is 0 Å². The second kappa shape index (κ2) is 6.90. The lowest BCUT2D eigenvalue weighted by Crippen LogP contribution is -2.69. The molecule has 8 heteroatoms. The van der Waals surface area contributed by atoms with E-state index in [1.54, 1.807) is 6.20 Å². The van der Waals surface area contributed by atoms with E-state index in [4.69, 9.17) is 9.47 Å². The van der Waals surface area contributed by atoms with Crippen molar-refractivity contribution < 1.29 is 19.4 Å². The van der Waals surface area contributed by atoms with Crippen LogP contribution in [0.1, 0.15) is 12.8 Å². The molecule has 4 rings (SSSR count). The first-order chi connectivity index (χ1) is 12.1. The Kier molecular flexibility index (Phi) is 4.79. The highest BCUT2D eigenvalue weighted by molar-refractivity contribution is 7.99. The number of carbonyl (C=O) groups is 1. The number of nitrogens with zero attached hydrogens (tertiary/aromatic N) is 3. The van der Waals surface area contributed by atoms with Crippen LogP contribution in [0.25, 0.3) is 0 Å². The average Bonchev–Trinajstić information content (AvgIpc) is 3.04. The number of aromatic nitrogens is 2. The zero-order valence-electron chi connectivity index (χ0n) is 14.5. The standard InChI is InChI=1S/C17H25N3O4S/c1-19-5-4-18-16(19)25-11-15(21)20-8-12-9-24-7-3-17(12,22)13-10-23-6-2-14(13)20/h4-5,12-14,22H,2-3,6-11H2,1H3/t12-,13+,14-,17-/m1/s1. The van der Waals surface area contributed by atoms with Crippen molar-refractivity contribution in [2.75, 3.05) is 38.7 Å². The number of likely N-dealkylation sites (tertiary alicyclic amines) is 1. The minimum atomic E-state index is -0.771. The van der Waals surface area contributed by atoms with Gasteiger partial charge in [-0.05, 0) is 6.42 Å². The Balaban J connectivity index is 1.50. The molecule has 4 heterocycles. The fourth-order valence-corrected chi connectivity index (χ4v) is 5.26. The summed E-state index contributed by atoms with van der Waals surface area (Å²) < 4.78 is 13.2. The van der Waals surface area contributed by atoms with Gasteiger partial charge in [-0.25, -0.2) is 4.98 Å². The zero-order valence-corrected chi connectivity index (χ0v) is 15.3. The molecular formula is C17H25N3O4S. The van der Waals surface area contributed by atoms with E-state index in [1.165, 1.54) is 11.8 Å². The number of hydrogen-bond acceptors (Lipinski definition) is 6. The Morgan fingerprint density at radius 2 is 2.28 bits per heavy atom. The lowest BCUT2D eigenvalue weighted by molar-refractivity contribution is -0.218. The van der Waals surface area contributed by atoms with E-state index in [0.717, 1.165) is 11.6 Å². The summed E-state index contributed by atoms with van der Waals surface area (Å²) in [5.74, 6) is 0.413. The second-order valence-electron chi connectivity index (χ2n) is 7.21. The zero-order chi connectivity index (χ0) is 17.4. The molecule has 3 aliphatic rings. The number of thioether (sulfide) groups is 1. The fourth-order valence-electron chi connectivity index (χ4n) is 4.45. The molecule has 3 saturated heterocycles. The number of amides is 1. The molecule has 3 aliphatic heterocycles. The lowest BCUT2D eigenvalue weighted by atomic mass is 9.66. The molecule has 0 bridgehead atoms. The van der Waals surface area contributed by atoms with Gasteiger partial charge in [0.15, 0.2) is 5.16 Å². The Morgan fingerprint density at radius 1 is 1.44 bits per heavy atom. The molecule has 25 heavy (non-hydrogen) atoms. The number of imidazole rings is 1. The molecule has 1 amide bonds. The van der Waals surface area contributed by atoms with E-state index in [0.29, 0.717) is 45.1 Å². The van der Waals surface area contributed by atoms with E-state index in [2.05, 4.69) is 4.98 Å². The van der Waals surface area contributed by atoms with Gasteiger partial charge >= 0.3 is 0 Å². The average molecular weight is 367 g/mol. The van der Waals surface area contributed by atoms with Gasteiger partial charge in [0, 0.05) is 63.5 Å². The minimum Gasteiger partial charge on any atom is -0.389 e. The first-order valence-electron chi connectivity index (χ1n) is 8.87. The third-order valence-corrected chi connectivity index (χ3v) is 6.92. The molecule has 0 unspecified atom stereocenters. The van der Waals surface area contributed by atoms with Gasteiger partial charge in [-0.3, -0.25) is 4.79 Å². The molecule has 1 aromatic heterocycles. The van der Waals surface area contributed by atoms with Crippen molar-refractivity contribution in [1.82, 2.24) is 14.5 Å². The van der Waals surface area contributed by atoms with E-state index >= 15 is 0 Å². The summed E-state index contributed by atoms with van der Waals surface area (Å²) in [4.78, 5) is 19.2. The Labute approximate surface area is 151 Å². The van der Waals surface area contributed by atoms with Crippen LogP contribution >= 0.6 is 11.8 Å². The summed E-state index contributed by atoms with van der Waals surface area (Å²) in [7, 11) is 1.93. The number of piperidine rings is 1. The van der Waals surface area contributed by atoms with E-state index in [-0.39, 0.29) is 23.8 Å². The summed E-state index contributed by atoms with van der Waals surface area (Å²) in [6.45, 7) is 2.83. The highest BCUT2D eigenvalue weighted by atomic mass is 32.2.